The molecule has 0 radical (unpaired) electrons. The van der Waals surface area contributed by atoms with Gasteiger partial charge in [0, 0.05) is 23.2 Å². The van der Waals surface area contributed by atoms with Crippen LogP contribution in [-0.4, -0.2) is 97.9 Å². The second kappa shape index (κ2) is 14.6. The van der Waals surface area contributed by atoms with E-state index in [0.29, 0.717) is 5.75 Å². The Hall–Kier alpha value is -0.780. The number of aryl methyl sites for hydroxylation is 2. The van der Waals surface area contributed by atoms with Gasteiger partial charge in [-0.2, -0.15) is 8.42 Å². The molecule has 238 valence electrons. The number of hydrogen-bond acceptors (Lipinski definition) is 11. The Morgan fingerprint density at radius 2 is 1.00 bits per heavy atom. The number of hydrogen-bond donors (Lipinski definition) is 1. The Morgan fingerprint density at radius 1 is 0.675 bits per heavy atom. The van der Waals surface area contributed by atoms with Gasteiger partial charge in [0.1, 0.15) is 17.1 Å². The van der Waals surface area contributed by atoms with Crippen LogP contribution >= 0.6 is 15.9 Å². The van der Waals surface area contributed by atoms with Crippen molar-refractivity contribution in [2.24, 2.45) is 0 Å². The maximum Gasteiger partial charge on any atom is 0.264 e. The van der Waals surface area contributed by atoms with Crippen LogP contribution < -0.4 is 4.74 Å². The molecule has 0 saturated heterocycles. The van der Waals surface area contributed by atoms with Crippen LogP contribution in [0.1, 0.15) is 52.7 Å². The van der Waals surface area contributed by atoms with Gasteiger partial charge >= 0.3 is 0 Å². The van der Waals surface area contributed by atoms with E-state index >= 15 is 0 Å². The summed E-state index contributed by atoms with van der Waals surface area (Å²) in [5.41, 5.74) is 2.14. The van der Waals surface area contributed by atoms with Crippen LogP contribution in [0, 0.1) is 13.8 Å². The number of aliphatic hydroxyl groups excluding tert-OH is 1. The van der Waals surface area contributed by atoms with E-state index in [-0.39, 0.29) is 19.8 Å². The van der Waals surface area contributed by atoms with Gasteiger partial charge in [0.25, 0.3) is 10.1 Å². The predicted molar refractivity (Wildman–Crippen MR) is 164 cm³/mol. The third-order valence-electron chi connectivity index (χ3n) is 6.01. The fourth-order valence-corrected chi connectivity index (χ4v) is 3.42. The van der Waals surface area contributed by atoms with Crippen LogP contribution in [0.15, 0.2) is 16.6 Å². The summed E-state index contributed by atoms with van der Waals surface area (Å²) in [7, 11) is -13.1. The third kappa shape index (κ3) is 14.4. The zero-order valence-corrected chi connectivity index (χ0v) is 30.2. The van der Waals surface area contributed by atoms with Gasteiger partial charge in [0.15, 0.2) is 29.5 Å². The molecular weight excluding hydrogens is 672 g/mol. The Bertz CT molecular complexity index is 1400. The summed E-state index contributed by atoms with van der Waals surface area (Å²) < 4.78 is 96.0. The maximum absolute atomic E-state index is 11.6. The third-order valence-corrected chi connectivity index (χ3v) is 14.2. The van der Waals surface area contributed by atoms with E-state index in [0.717, 1.165) is 34.4 Å². The number of halogens is 1. The lowest BCUT2D eigenvalue weighted by Crippen LogP contribution is -2.37. The van der Waals surface area contributed by atoms with Crippen molar-refractivity contribution in [1.82, 2.24) is 0 Å². The van der Waals surface area contributed by atoms with Crippen molar-refractivity contribution in [1.29, 1.82) is 0 Å². The predicted octanol–water partition coefficient (Wildman–Crippen LogP) is 2.86. The molecule has 16 heteroatoms. The molecule has 0 heterocycles. The molecular formula is C24H45BrO11S4. The molecule has 0 aliphatic heterocycles. The first-order valence-electron chi connectivity index (χ1n) is 11.7. The minimum atomic E-state index is -3.58. The van der Waals surface area contributed by atoms with E-state index in [4.69, 9.17) is 9.84 Å². The van der Waals surface area contributed by atoms with Gasteiger partial charge in [-0.3, -0.25) is 4.18 Å². The standard InChI is InChI=1S/C13H19BrO3S.C6H14O5S2.C5H12O3S/c1-9-6-11(7-10(2)12(9)14)17-8-13(3,4)18(5,15)16;1-6(2,12(3,7)8)5-11-13(4,9)10;1-5(2,4-6)9(3,7)8/h6-7H,8H2,1-5H3;5H2,1-4H3;6H,4H2,1-3H3. The molecule has 0 fully saturated rings. The lowest BCUT2D eigenvalue weighted by Gasteiger charge is -2.23. The molecule has 0 atom stereocenters. The van der Waals surface area contributed by atoms with Crippen molar-refractivity contribution in [3.8, 4) is 5.75 Å². The number of benzene rings is 1. The van der Waals surface area contributed by atoms with Gasteiger partial charge in [-0.05, 0) is 78.6 Å². The van der Waals surface area contributed by atoms with Crippen molar-refractivity contribution >= 4 is 55.6 Å². The first-order valence-corrected chi connectivity index (χ1v) is 20.0. The Morgan fingerprint density at radius 3 is 1.25 bits per heavy atom. The van der Waals surface area contributed by atoms with Crippen molar-refractivity contribution < 1.29 is 47.7 Å². The smallest absolute Gasteiger partial charge is 0.264 e. The van der Waals surface area contributed by atoms with Crippen LogP contribution in [0.25, 0.3) is 0 Å². The summed E-state index contributed by atoms with van der Waals surface area (Å²) in [6.07, 6.45) is 4.27. The summed E-state index contributed by atoms with van der Waals surface area (Å²) >= 11 is 3.48. The minimum absolute atomic E-state index is 0.145. The lowest BCUT2D eigenvalue weighted by molar-refractivity contribution is 0.258. The molecule has 1 rings (SSSR count). The molecule has 1 N–H and O–H groups in total. The van der Waals surface area contributed by atoms with E-state index in [9.17, 15) is 33.7 Å². The highest BCUT2D eigenvalue weighted by molar-refractivity contribution is 9.10. The fourth-order valence-electron chi connectivity index (χ4n) is 1.83. The molecule has 0 saturated carbocycles. The molecule has 0 bridgehead atoms. The highest BCUT2D eigenvalue weighted by Gasteiger charge is 2.32. The van der Waals surface area contributed by atoms with Crippen LogP contribution in [-0.2, 0) is 43.8 Å². The molecule has 0 aliphatic rings. The molecule has 40 heavy (non-hydrogen) atoms. The van der Waals surface area contributed by atoms with E-state index in [1.165, 1.54) is 34.0 Å². The van der Waals surface area contributed by atoms with Gasteiger partial charge in [-0.25, -0.2) is 25.3 Å². The first kappa shape index (κ1) is 41.4. The highest BCUT2D eigenvalue weighted by Crippen LogP contribution is 2.27. The minimum Gasteiger partial charge on any atom is -0.492 e. The average Bonchev–Trinajstić information content (AvgIpc) is 2.72. The van der Waals surface area contributed by atoms with Crippen LogP contribution in [0.3, 0.4) is 0 Å². The van der Waals surface area contributed by atoms with Crippen LogP contribution in [0.4, 0.5) is 0 Å². The zero-order chi connectivity index (χ0) is 32.8. The lowest BCUT2D eigenvalue weighted by atomic mass is 10.1. The van der Waals surface area contributed by atoms with E-state index < -0.39 is 53.9 Å². The monoisotopic (exact) mass is 716 g/mol. The van der Waals surface area contributed by atoms with E-state index in [2.05, 4.69) is 20.1 Å². The molecule has 11 nitrogen and oxygen atoms in total. The molecule has 1 aromatic rings. The molecule has 1 aromatic carbocycles. The number of rotatable bonds is 10. The van der Waals surface area contributed by atoms with Crippen LogP contribution in [0.2, 0.25) is 0 Å². The number of sulfone groups is 3. The summed E-state index contributed by atoms with van der Waals surface area (Å²) in [5.74, 6) is 0.699. The van der Waals surface area contributed by atoms with Gasteiger partial charge in [-0.15, -0.1) is 0 Å². The largest absolute Gasteiger partial charge is 0.492 e. The van der Waals surface area contributed by atoms with Crippen LogP contribution in [0.5, 0.6) is 5.75 Å². The number of ether oxygens (including phenoxy) is 1. The van der Waals surface area contributed by atoms with Gasteiger partial charge in [0.2, 0.25) is 0 Å². The molecule has 0 spiro atoms. The van der Waals surface area contributed by atoms with Gasteiger partial charge in [0.05, 0.1) is 29.0 Å². The normalized spacial score (nSPS) is 13.4. The fraction of sp³-hybridized carbons (Fsp3) is 0.750. The van der Waals surface area contributed by atoms with Crippen molar-refractivity contribution in [2.75, 3.05) is 44.8 Å². The number of aliphatic hydroxyl groups is 1. The zero-order valence-electron chi connectivity index (χ0n) is 25.3. The van der Waals surface area contributed by atoms with Gasteiger partial charge in [-0.1, -0.05) is 15.9 Å². The van der Waals surface area contributed by atoms with Gasteiger partial charge < -0.3 is 9.84 Å². The van der Waals surface area contributed by atoms with Crippen molar-refractivity contribution in [3.05, 3.63) is 27.7 Å². The molecule has 0 unspecified atom stereocenters. The van der Waals surface area contributed by atoms with Crippen molar-refractivity contribution in [3.63, 3.8) is 0 Å². The molecule has 0 aliphatic carbocycles. The summed E-state index contributed by atoms with van der Waals surface area (Å²) in [6.45, 7) is 12.5. The second-order valence-corrected chi connectivity index (χ2v) is 21.8. The second-order valence-electron chi connectivity index (χ2n) is 11.4. The Labute approximate surface area is 250 Å². The summed E-state index contributed by atoms with van der Waals surface area (Å²) in [5, 5.41) is 8.55. The quantitative estimate of drug-likeness (QED) is 0.353. The topological polar surface area (TPSA) is 175 Å². The van der Waals surface area contributed by atoms with Crippen molar-refractivity contribution in [2.45, 2.75) is 69.6 Å². The maximum atomic E-state index is 11.6. The first-order chi connectivity index (χ1) is 17.3. The summed E-state index contributed by atoms with van der Waals surface area (Å²) in [4.78, 5) is 0. The summed E-state index contributed by atoms with van der Waals surface area (Å²) in [6, 6.07) is 3.80. The Balaban J connectivity index is 0. The SMILES string of the molecule is CC(C)(CO)S(C)(=O)=O.CC(C)(COS(C)(=O)=O)S(C)(=O)=O.Cc1cc(OCC(C)(C)S(C)(=O)=O)cc(C)c1Br. The van der Waals surface area contributed by atoms with E-state index in [1.807, 2.05) is 26.0 Å². The highest BCUT2D eigenvalue weighted by atomic mass is 79.9. The Kier molecular flexibility index (Phi) is 15.1. The molecule has 0 amide bonds. The van der Waals surface area contributed by atoms with E-state index in [1.54, 1.807) is 13.8 Å². The molecule has 0 aromatic heterocycles. The average molecular weight is 718 g/mol.